The first kappa shape index (κ1) is 17.7. The maximum atomic E-state index is 12.9. The number of nitrogens with one attached hydrogen (secondary N) is 1. The van der Waals surface area contributed by atoms with Crippen LogP contribution in [0.1, 0.15) is 37.3 Å². The number of carbonyl (C=O) groups is 1. The van der Waals surface area contributed by atoms with Gasteiger partial charge in [0, 0.05) is 31.0 Å². The molecule has 1 atom stereocenters. The van der Waals surface area contributed by atoms with E-state index in [0.29, 0.717) is 0 Å². The molecular formula is C22H27N3O2. The molecule has 27 heavy (non-hydrogen) atoms. The Morgan fingerprint density at radius 1 is 1.04 bits per heavy atom. The van der Waals surface area contributed by atoms with Crippen LogP contribution in [0.2, 0.25) is 0 Å². The number of carbonyl (C=O) groups excluding carboxylic acids is 1. The average molecular weight is 365 g/mol. The van der Waals surface area contributed by atoms with Gasteiger partial charge in [-0.3, -0.25) is 0 Å². The van der Waals surface area contributed by atoms with E-state index in [2.05, 4.69) is 34.5 Å². The van der Waals surface area contributed by atoms with Crippen LogP contribution >= 0.6 is 0 Å². The number of hydrogen-bond donors (Lipinski definition) is 1. The number of amides is 2. The molecular weight excluding hydrogens is 338 g/mol. The van der Waals surface area contributed by atoms with Crippen molar-refractivity contribution >= 4 is 17.4 Å². The van der Waals surface area contributed by atoms with Gasteiger partial charge in [0.25, 0.3) is 0 Å². The van der Waals surface area contributed by atoms with Crippen LogP contribution < -0.4 is 15.0 Å². The van der Waals surface area contributed by atoms with E-state index in [1.807, 2.05) is 29.2 Å². The van der Waals surface area contributed by atoms with Crippen LogP contribution in [0.4, 0.5) is 16.2 Å². The number of rotatable bonds is 4. The van der Waals surface area contributed by atoms with Crippen LogP contribution in [0.3, 0.4) is 0 Å². The first-order chi connectivity index (χ1) is 13.2. The van der Waals surface area contributed by atoms with Gasteiger partial charge in [0.05, 0.1) is 13.2 Å². The van der Waals surface area contributed by atoms with Crippen molar-refractivity contribution in [2.45, 2.75) is 31.7 Å². The fraction of sp³-hybridized carbons (Fsp3) is 0.409. The van der Waals surface area contributed by atoms with Gasteiger partial charge in [-0.2, -0.15) is 0 Å². The third kappa shape index (κ3) is 3.87. The standard InChI is InChI=1S/C22H27N3O2/c1-27-20-11-9-17(10-12-20)21-8-5-15-25(21)22(26)23-18-6-4-7-19(16-18)24-13-2-3-14-24/h4,6-7,9-12,16,21H,2-3,5,8,13-15H2,1H3,(H,23,26)/t21-/m0/s1. The Morgan fingerprint density at radius 3 is 2.56 bits per heavy atom. The number of likely N-dealkylation sites (tertiary alicyclic amines) is 1. The number of nitrogens with zero attached hydrogens (tertiary/aromatic N) is 2. The Bertz CT molecular complexity index is 784. The van der Waals surface area contributed by atoms with Gasteiger partial charge in [0.1, 0.15) is 5.75 Å². The highest BCUT2D eigenvalue weighted by Gasteiger charge is 2.30. The third-order valence-electron chi connectivity index (χ3n) is 5.58. The van der Waals surface area contributed by atoms with Crippen molar-refractivity contribution in [1.29, 1.82) is 0 Å². The Balaban J connectivity index is 1.46. The predicted molar refractivity (Wildman–Crippen MR) is 109 cm³/mol. The molecule has 142 valence electrons. The van der Waals surface area contributed by atoms with E-state index in [-0.39, 0.29) is 12.1 Å². The molecule has 4 rings (SSSR count). The highest BCUT2D eigenvalue weighted by Crippen LogP contribution is 2.33. The molecule has 2 aromatic rings. The topological polar surface area (TPSA) is 44.8 Å². The van der Waals surface area contributed by atoms with Crippen LogP contribution in [0.15, 0.2) is 48.5 Å². The van der Waals surface area contributed by atoms with Gasteiger partial charge in [-0.25, -0.2) is 4.79 Å². The molecule has 0 bridgehead atoms. The van der Waals surface area contributed by atoms with Crippen molar-refractivity contribution in [1.82, 2.24) is 4.90 Å². The van der Waals surface area contributed by atoms with E-state index in [1.54, 1.807) is 7.11 Å². The van der Waals surface area contributed by atoms with E-state index < -0.39 is 0 Å². The van der Waals surface area contributed by atoms with E-state index in [9.17, 15) is 4.79 Å². The number of anilines is 2. The van der Waals surface area contributed by atoms with Crippen molar-refractivity contribution in [3.05, 3.63) is 54.1 Å². The monoisotopic (exact) mass is 365 g/mol. The normalized spacial score (nSPS) is 19.4. The molecule has 0 saturated carbocycles. The number of ether oxygens (including phenoxy) is 1. The summed E-state index contributed by atoms with van der Waals surface area (Å²) >= 11 is 0. The predicted octanol–water partition coefficient (Wildman–Crippen LogP) is 4.66. The Kier molecular flexibility index (Phi) is 5.19. The second kappa shape index (κ2) is 7.91. The summed E-state index contributed by atoms with van der Waals surface area (Å²) in [6.07, 6.45) is 4.51. The fourth-order valence-corrected chi connectivity index (χ4v) is 4.13. The molecule has 2 aliphatic rings. The summed E-state index contributed by atoms with van der Waals surface area (Å²) in [6.45, 7) is 2.99. The summed E-state index contributed by atoms with van der Waals surface area (Å²) in [4.78, 5) is 17.3. The SMILES string of the molecule is COc1ccc([C@@H]2CCCN2C(=O)Nc2cccc(N3CCCC3)c2)cc1. The molecule has 5 nitrogen and oxygen atoms in total. The van der Waals surface area contributed by atoms with E-state index >= 15 is 0 Å². The van der Waals surface area contributed by atoms with Crippen LogP contribution in [0.5, 0.6) is 5.75 Å². The van der Waals surface area contributed by atoms with E-state index in [0.717, 1.165) is 49.5 Å². The Labute approximate surface area is 160 Å². The van der Waals surface area contributed by atoms with Crippen LogP contribution in [0, 0.1) is 0 Å². The molecule has 0 radical (unpaired) electrons. The maximum Gasteiger partial charge on any atom is 0.322 e. The molecule has 2 heterocycles. The zero-order valence-corrected chi connectivity index (χ0v) is 15.9. The maximum absolute atomic E-state index is 12.9. The van der Waals surface area contributed by atoms with Crippen molar-refractivity contribution in [3.63, 3.8) is 0 Å². The summed E-state index contributed by atoms with van der Waals surface area (Å²) in [5.74, 6) is 0.839. The highest BCUT2D eigenvalue weighted by atomic mass is 16.5. The van der Waals surface area contributed by atoms with Gasteiger partial charge in [0.15, 0.2) is 0 Å². The molecule has 5 heteroatoms. The largest absolute Gasteiger partial charge is 0.497 e. The lowest BCUT2D eigenvalue weighted by Crippen LogP contribution is -2.34. The quantitative estimate of drug-likeness (QED) is 0.857. The van der Waals surface area contributed by atoms with Crippen LogP contribution in [-0.4, -0.2) is 37.7 Å². The lowest BCUT2D eigenvalue weighted by atomic mass is 10.0. The summed E-state index contributed by atoms with van der Waals surface area (Å²) in [5.41, 5.74) is 3.22. The summed E-state index contributed by atoms with van der Waals surface area (Å²) in [7, 11) is 1.67. The molecule has 2 amide bonds. The molecule has 0 spiro atoms. The van der Waals surface area contributed by atoms with E-state index in [4.69, 9.17) is 4.74 Å². The lowest BCUT2D eigenvalue weighted by Gasteiger charge is -2.26. The second-order valence-corrected chi connectivity index (χ2v) is 7.30. The minimum absolute atomic E-state index is 0.0214. The van der Waals surface area contributed by atoms with Crippen molar-refractivity contribution in [3.8, 4) is 5.75 Å². The van der Waals surface area contributed by atoms with Gasteiger partial charge >= 0.3 is 6.03 Å². The summed E-state index contributed by atoms with van der Waals surface area (Å²) < 4.78 is 5.24. The first-order valence-corrected chi connectivity index (χ1v) is 9.81. The Morgan fingerprint density at radius 2 is 1.81 bits per heavy atom. The van der Waals surface area contributed by atoms with Crippen molar-refractivity contribution in [2.24, 2.45) is 0 Å². The Hall–Kier alpha value is -2.69. The molecule has 1 N–H and O–H groups in total. The summed E-state index contributed by atoms with van der Waals surface area (Å²) in [6, 6.07) is 16.3. The number of hydrogen-bond acceptors (Lipinski definition) is 3. The van der Waals surface area contributed by atoms with Gasteiger partial charge in [-0.15, -0.1) is 0 Å². The molecule has 0 unspecified atom stereocenters. The smallest absolute Gasteiger partial charge is 0.322 e. The van der Waals surface area contributed by atoms with Crippen LogP contribution in [-0.2, 0) is 0 Å². The molecule has 2 aromatic carbocycles. The molecule has 2 aliphatic heterocycles. The van der Waals surface area contributed by atoms with Gasteiger partial charge in [-0.05, 0) is 61.6 Å². The highest BCUT2D eigenvalue weighted by molar-refractivity contribution is 5.90. The van der Waals surface area contributed by atoms with Crippen molar-refractivity contribution < 1.29 is 9.53 Å². The molecule has 2 saturated heterocycles. The average Bonchev–Trinajstić information content (AvgIpc) is 3.40. The fourth-order valence-electron chi connectivity index (χ4n) is 4.13. The molecule has 0 aliphatic carbocycles. The number of benzene rings is 2. The van der Waals surface area contributed by atoms with Gasteiger partial charge in [0.2, 0.25) is 0 Å². The zero-order valence-electron chi connectivity index (χ0n) is 15.9. The number of urea groups is 1. The molecule has 2 fully saturated rings. The second-order valence-electron chi connectivity index (χ2n) is 7.30. The summed E-state index contributed by atoms with van der Waals surface area (Å²) in [5, 5.41) is 3.11. The molecule has 0 aromatic heterocycles. The minimum atomic E-state index is -0.0214. The van der Waals surface area contributed by atoms with Crippen LogP contribution in [0.25, 0.3) is 0 Å². The zero-order chi connectivity index (χ0) is 18.6. The van der Waals surface area contributed by atoms with Crippen molar-refractivity contribution in [2.75, 3.05) is 37.0 Å². The van der Waals surface area contributed by atoms with Gasteiger partial charge < -0.3 is 19.9 Å². The minimum Gasteiger partial charge on any atom is -0.497 e. The van der Waals surface area contributed by atoms with Gasteiger partial charge in [-0.1, -0.05) is 18.2 Å². The lowest BCUT2D eigenvalue weighted by molar-refractivity contribution is 0.207. The first-order valence-electron chi connectivity index (χ1n) is 9.81. The third-order valence-corrected chi connectivity index (χ3v) is 5.58. The number of methoxy groups -OCH3 is 1. The van der Waals surface area contributed by atoms with E-state index in [1.165, 1.54) is 18.5 Å².